The molecule has 8 nitrogen and oxygen atoms in total. The van der Waals surface area contributed by atoms with Crippen molar-refractivity contribution < 1.29 is 35.4 Å². The number of aliphatic hydroxyl groups is 6. The average Bonchev–Trinajstić information content (AvgIpc) is 2.23. The lowest BCUT2D eigenvalue weighted by molar-refractivity contribution is -0.144. The molecule has 0 aliphatic rings. The second-order valence-electron chi connectivity index (χ2n) is 3.02. The van der Waals surface area contributed by atoms with Gasteiger partial charge in [-0.05, 0) is 0 Å². The summed E-state index contributed by atoms with van der Waals surface area (Å²) in [5.74, 6) is 0. The minimum Gasteiger partial charge on any atom is -0.387 e. The molecule has 0 saturated carbocycles. The molecular formula is C7H14NO7. The average molecular weight is 224 g/mol. The van der Waals surface area contributed by atoms with Gasteiger partial charge >= 0.3 is 0 Å². The lowest BCUT2D eigenvalue weighted by Gasteiger charge is -2.28. The van der Waals surface area contributed by atoms with Crippen molar-refractivity contribution in [3.63, 3.8) is 0 Å². The molecule has 0 heterocycles. The first-order valence-electron chi connectivity index (χ1n) is 4.04. The van der Waals surface area contributed by atoms with Crippen molar-refractivity contribution >= 4 is 6.29 Å². The Morgan fingerprint density at radius 2 is 1.20 bits per heavy atom. The van der Waals surface area contributed by atoms with Crippen LogP contribution in [-0.2, 0) is 4.79 Å². The molecule has 0 fully saturated rings. The van der Waals surface area contributed by atoms with Crippen LogP contribution in [0.15, 0.2) is 0 Å². The van der Waals surface area contributed by atoms with E-state index in [1.807, 2.05) is 0 Å². The fourth-order valence-electron chi connectivity index (χ4n) is 0.863. The molecule has 0 aromatic rings. The zero-order chi connectivity index (χ0) is 12.2. The molecule has 0 aliphatic heterocycles. The normalized spacial score (nSPS) is 23.7. The number of aliphatic hydroxyl groups excluding tert-OH is 6. The smallest absolute Gasteiger partial charge is 0.232 e. The molecule has 6 unspecified atom stereocenters. The van der Waals surface area contributed by atoms with E-state index < -0.39 is 36.7 Å². The highest BCUT2D eigenvalue weighted by Crippen LogP contribution is 2.08. The molecule has 0 spiro atoms. The van der Waals surface area contributed by atoms with Crippen molar-refractivity contribution in [2.24, 2.45) is 5.73 Å². The summed E-state index contributed by atoms with van der Waals surface area (Å²) in [4.78, 5) is 9.91. The third-order valence-electron chi connectivity index (χ3n) is 1.84. The van der Waals surface area contributed by atoms with Crippen LogP contribution in [0.1, 0.15) is 0 Å². The number of hydrogen-bond acceptors (Lipinski definition) is 8. The summed E-state index contributed by atoms with van der Waals surface area (Å²) in [5.41, 5.74) is 4.80. The standard InChI is InChI=1S/C7H14NO7/c8-7(15)6(14)5(13)4(12)3(11)2(10)1-9/h2-7,10-15H,8H2. The van der Waals surface area contributed by atoms with Gasteiger partial charge in [-0.2, -0.15) is 0 Å². The van der Waals surface area contributed by atoms with Gasteiger partial charge in [-0.1, -0.05) is 0 Å². The number of hydrogen-bond donors (Lipinski definition) is 7. The Hall–Kier alpha value is -0.610. The molecule has 0 aromatic heterocycles. The molecule has 0 rings (SSSR count). The molecule has 0 amide bonds. The van der Waals surface area contributed by atoms with E-state index in [4.69, 9.17) is 36.4 Å². The Bertz CT molecular complexity index is 200. The van der Waals surface area contributed by atoms with Gasteiger partial charge in [0.05, 0.1) is 0 Å². The van der Waals surface area contributed by atoms with Gasteiger partial charge in [0.1, 0.15) is 36.7 Å². The van der Waals surface area contributed by atoms with Crippen molar-refractivity contribution in [3.8, 4) is 0 Å². The fraction of sp³-hybridized carbons (Fsp3) is 0.857. The van der Waals surface area contributed by atoms with Crippen molar-refractivity contribution in [2.45, 2.75) is 36.7 Å². The molecule has 15 heavy (non-hydrogen) atoms. The molecule has 8 heteroatoms. The topological polar surface area (TPSA) is 164 Å². The van der Waals surface area contributed by atoms with Crippen LogP contribution in [0.2, 0.25) is 0 Å². The third kappa shape index (κ3) is 3.80. The van der Waals surface area contributed by atoms with E-state index in [9.17, 15) is 4.79 Å². The summed E-state index contributed by atoms with van der Waals surface area (Å²) in [7, 11) is 0. The Kier molecular flexibility index (Phi) is 5.83. The SMILES string of the molecule is NC(O)C(O)C(O)C(O)C(O)C(O)[C]=O. The lowest BCUT2D eigenvalue weighted by atomic mass is 9.99. The predicted octanol–water partition coefficient (Wildman–Crippen LogP) is -4.82. The lowest BCUT2D eigenvalue weighted by Crippen LogP contribution is -2.54. The highest BCUT2D eigenvalue weighted by Gasteiger charge is 2.36. The largest absolute Gasteiger partial charge is 0.387 e. The zero-order valence-corrected chi connectivity index (χ0v) is 7.63. The van der Waals surface area contributed by atoms with Gasteiger partial charge in [-0.3, -0.25) is 4.79 Å². The van der Waals surface area contributed by atoms with Gasteiger partial charge in [0.25, 0.3) is 0 Å². The Morgan fingerprint density at radius 1 is 0.800 bits per heavy atom. The second kappa shape index (κ2) is 6.08. The second-order valence-corrected chi connectivity index (χ2v) is 3.02. The zero-order valence-electron chi connectivity index (χ0n) is 7.63. The summed E-state index contributed by atoms with van der Waals surface area (Å²) < 4.78 is 0. The van der Waals surface area contributed by atoms with Gasteiger partial charge in [0.15, 0.2) is 0 Å². The first kappa shape index (κ1) is 14.4. The molecule has 0 aromatic carbocycles. The minimum atomic E-state index is -2.05. The summed E-state index contributed by atoms with van der Waals surface area (Å²) >= 11 is 0. The minimum absolute atomic E-state index is 0.978. The molecule has 8 N–H and O–H groups in total. The van der Waals surface area contributed by atoms with Crippen molar-refractivity contribution in [1.29, 1.82) is 0 Å². The highest BCUT2D eigenvalue weighted by molar-refractivity contribution is 5.57. The molecule has 89 valence electrons. The number of nitrogens with two attached hydrogens (primary N) is 1. The van der Waals surface area contributed by atoms with E-state index in [-0.39, 0.29) is 0 Å². The van der Waals surface area contributed by atoms with Gasteiger partial charge < -0.3 is 36.4 Å². The van der Waals surface area contributed by atoms with Gasteiger partial charge in [0, 0.05) is 0 Å². The Morgan fingerprint density at radius 3 is 1.53 bits per heavy atom. The van der Waals surface area contributed by atoms with E-state index >= 15 is 0 Å². The van der Waals surface area contributed by atoms with E-state index in [0.717, 1.165) is 6.29 Å². The number of carbonyl (C=O) groups excluding carboxylic acids is 1. The van der Waals surface area contributed by atoms with Crippen LogP contribution in [0, 0.1) is 0 Å². The summed E-state index contributed by atoms with van der Waals surface area (Å²) in [6.07, 6.45) is -10.9. The summed E-state index contributed by atoms with van der Waals surface area (Å²) in [6, 6.07) is 0. The van der Waals surface area contributed by atoms with Crippen LogP contribution in [-0.4, -0.2) is 73.7 Å². The van der Waals surface area contributed by atoms with E-state index in [2.05, 4.69) is 0 Å². The monoisotopic (exact) mass is 224 g/mol. The molecule has 6 atom stereocenters. The maximum atomic E-state index is 9.91. The quantitative estimate of drug-likeness (QED) is 0.221. The Balaban J connectivity index is 4.42. The van der Waals surface area contributed by atoms with Crippen LogP contribution >= 0.6 is 0 Å². The summed E-state index contributed by atoms with van der Waals surface area (Å²) in [5, 5.41) is 53.7. The first-order valence-corrected chi connectivity index (χ1v) is 4.04. The van der Waals surface area contributed by atoms with Crippen LogP contribution in [0.3, 0.4) is 0 Å². The van der Waals surface area contributed by atoms with Crippen LogP contribution in [0.4, 0.5) is 0 Å². The Labute approximate surface area is 85.2 Å². The predicted molar refractivity (Wildman–Crippen MR) is 45.9 cm³/mol. The number of rotatable bonds is 6. The molecule has 0 saturated heterocycles. The first-order chi connectivity index (χ1) is 6.82. The maximum Gasteiger partial charge on any atom is 0.232 e. The molecule has 0 bridgehead atoms. The van der Waals surface area contributed by atoms with Crippen LogP contribution in [0.5, 0.6) is 0 Å². The van der Waals surface area contributed by atoms with Crippen molar-refractivity contribution in [1.82, 2.24) is 0 Å². The molecule has 1 radical (unpaired) electrons. The third-order valence-corrected chi connectivity index (χ3v) is 1.84. The van der Waals surface area contributed by atoms with Gasteiger partial charge in [-0.25, -0.2) is 0 Å². The van der Waals surface area contributed by atoms with Crippen LogP contribution < -0.4 is 5.73 Å². The van der Waals surface area contributed by atoms with E-state index in [1.54, 1.807) is 0 Å². The van der Waals surface area contributed by atoms with Crippen molar-refractivity contribution in [3.05, 3.63) is 0 Å². The van der Waals surface area contributed by atoms with Gasteiger partial charge in [0.2, 0.25) is 6.29 Å². The van der Waals surface area contributed by atoms with Crippen LogP contribution in [0.25, 0.3) is 0 Å². The summed E-state index contributed by atoms with van der Waals surface area (Å²) in [6.45, 7) is 0. The maximum absolute atomic E-state index is 9.91. The van der Waals surface area contributed by atoms with E-state index in [1.165, 1.54) is 0 Å². The molecular weight excluding hydrogens is 210 g/mol. The fourth-order valence-corrected chi connectivity index (χ4v) is 0.863. The highest BCUT2D eigenvalue weighted by atomic mass is 16.4. The van der Waals surface area contributed by atoms with E-state index in [0.29, 0.717) is 0 Å². The molecule has 0 aliphatic carbocycles. The van der Waals surface area contributed by atoms with Gasteiger partial charge in [-0.15, -0.1) is 0 Å². The van der Waals surface area contributed by atoms with Crippen molar-refractivity contribution in [2.75, 3.05) is 0 Å².